The standard InChI is InChI=1S/C26H28N2O3/c29-25(28-14-8-1-2-9-15-28)19-31-24-17-22-13-7-6-12-21(22)16-23(24)26(30)27-18-20-10-4-3-5-11-20/h3-7,10-13,16-17H,1-2,8-9,14-15,18-19H2,(H,27,30). The minimum absolute atomic E-state index is 0.0225. The Bertz CT molecular complexity index is 1040. The van der Waals surface area contributed by atoms with Crippen molar-refractivity contribution >= 4 is 22.6 Å². The van der Waals surface area contributed by atoms with Crippen molar-refractivity contribution in [1.29, 1.82) is 0 Å². The fourth-order valence-electron chi connectivity index (χ4n) is 3.94. The van der Waals surface area contributed by atoms with Gasteiger partial charge in [0, 0.05) is 19.6 Å². The maximum Gasteiger partial charge on any atom is 0.260 e. The van der Waals surface area contributed by atoms with E-state index in [1.165, 1.54) is 12.8 Å². The minimum Gasteiger partial charge on any atom is -0.483 e. The predicted octanol–water partition coefficient (Wildman–Crippen LogP) is 4.55. The number of likely N-dealkylation sites (tertiary alicyclic amines) is 1. The van der Waals surface area contributed by atoms with E-state index in [1.807, 2.05) is 71.6 Å². The molecule has 31 heavy (non-hydrogen) atoms. The molecule has 5 nitrogen and oxygen atoms in total. The van der Waals surface area contributed by atoms with E-state index in [2.05, 4.69) is 5.32 Å². The molecule has 0 atom stereocenters. The van der Waals surface area contributed by atoms with Crippen LogP contribution in [0.1, 0.15) is 41.6 Å². The zero-order chi connectivity index (χ0) is 21.5. The number of amides is 2. The molecular formula is C26H28N2O3. The zero-order valence-electron chi connectivity index (χ0n) is 17.7. The number of carbonyl (C=O) groups excluding carboxylic acids is 2. The maximum atomic E-state index is 13.0. The highest BCUT2D eigenvalue weighted by Gasteiger charge is 2.19. The van der Waals surface area contributed by atoms with Crippen LogP contribution in [0.25, 0.3) is 10.8 Å². The Hall–Kier alpha value is -3.34. The Balaban J connectivity index is 1.51. The summed E-state index contributed by atoms with van der Waals surface area (Å²) in [6, 6.07) is 21.3. The molecule has 3 aromatic rings. The van der Waals surface area contributed by atoms with Crippen LogP contribution in [-0.2, 0) is 11.3 Å². The van der Waals surface area contributed by atoms with Crippen LogP contribution in [0.3, 0.4) is 0 Å². The first kappa shape index (κ1) is 20.9. The van der Waals surface area contributed by atoms with Crippen LogP contribution < -0.4 is 10.1 Å². The van der Waals surface area contributed by atoms with Crippen LogP contribution in [-0.4, -0.2) is 36.4 Å². The molecule has 1 aliphatic rings. The first-order valence-electron chi connectivity index (χ1n) is 11.0. The molecule has 1 saturated heterocycles. The van der Waals surface area contributed by atoms with Crippen LogP contribution in [0.4, 0.5) is 0 Å². The lowest BCUT2D eigenvalue weighted by atomic mass is 10.1. The summed E-state index contributed by atoms with van der Waals surface area (Å²) in [5.74, 6) is 0.199. The number of ether oxygens (including phenoxy) is 1. The Labute approximate surface area is 183 Å². The summed E-state index contributed by atoms with van der Waals surface area (Å²) in [7, 11) is 0. The van der Waals surface area contributed by atoms with Crippen LogP contribution in [0.5, 0.6) is 5.75 Å². The third-order valence-electron chi connectivity index (χ3n) is 5.70. The summed E-state index contributed by atoms with van der Waals surface area (Å²) in [4.78, 5) is 27.5. The number of carbonyl (C=O) groups is 2. The van der Waals surface area contributed by atoms with E-state index >= 15 is 0 Å². The van der Waals surface area contributed by atoms with Crippen molar-refractivity contribution < 1.29 is 14.3 Å². The molecule has 0 saturated carbocycles. The van der Waals surface area contributed by atoms with Crippen LogP contribution in [0.2, 0.25) is 0 Å². The number of nitrogens with zero attached hydrogens (tertiary/aromatic N) is 1. The van der Waals surface area contributed by atoms with Crippen LogP contribution >= 0.6 is 0 Å². The van der Waals surface area contributed by atoms with Crippen molar-refractivity contribution in [2.75, 3.05) is 19.7 Å². The van der Waals surface area contributed by atoms with Gasteiger partial charge in [-0.25, -0.2) is 0 Å². The van der Waals surface area contributed by atoms with Gasteiger partial charge < -0.3 is 15.0 Å². The van der Waals surface area contributed by atoms with Crippen molar-refractivity contribution in [3.05, 3.63) is 77.9 Å². The predicted molar refractivity (Wildman–Crippen MR) is 122 cm³/mol. The van der Waals surface area contributed by atoms with E-state index < -0.39 is 0 Å². The Kier molecular flexibility index (Phi) is 6.82. The van der Waals surface area contributed by atoms with Crippen molar-refractivity contribution in [2.24, 2.45) is 0 Å². The molecule has 1 aliphatic heterocycles. The summed E-state index contributed by atoms with van der Waals surface area (Å²) < 4.78 is 5.92. The normalized spacial score (nSPS) is 14.1. The lowest BCUT2D eigenvalue weighted by molar-refractivity contribution is -0.133. The molecule has 0 radical (unpaired) electrons. The second kappa shape index (κ2) is 10.1. The highest BCUT2D eigenvalue weighted by molar-refractivity contribution is 6.01. The largest absolute Gasteiger partial charge is 0.483 e. The number of rotatable bonds is 6. The fraction of sp³-hybridized carbons (Fsp3) is 0.308. The second-order valence-electron chi connectivity index (χ2n) is 7.95. The second-order valence-corrected chi connectivity index (χ2v) is 7.95. The summed E-state index contributed by atoms with van der Waals surface area (Å²) in [6.45, 7) is 1.94. The van der Waals surface area contributed by atoms with Gasteiger partial charge in [-0.3, -0.25) is 9.59 Å². The Morgan fingerprint density at radius 3 is 2.19 bits per heavy atom. The number of fused-ring (bicyclic) bond motifs is 1. The first-order valence-corrected chi connectivity index (χ1v) is 11.0. The number of hydrogen-bond acceptors (Lipinski definition) is 3. The average Bonchev–Trinajstić information content (AvgIpc) is 3.11. The van der Waals surface area contributed by atoms with Gasteiger partial charge in [-0.15, -0.1) is 0 Å². The molecule has 5 heteroatoms. The Morgan fingerprint density at radius 1 is 0.839 bits per heavy atom. The summed E-state index contributed by atoms with van der Waals surface area (Å²) in [5.41, 5.74) is 1.47. The maximum absolute atomic E-state index is 13.0. The van der Waals surface area contributed by atoms with Gasteiger partial charge in [0.1, 0.15) is 5.75 Å². The van der Waals surface area contributed by atoms with Crippen LogP contribution in [0, 0.1) is 0 Å². The van der Waals surface area contributed by atoms with Gasteiger partial charge in [-0.2, -0.15) is 0 Å². The highest BCUT2D eigenvalue weighted by atomic mass is 16.5. The molecule has 0 unspecified atom stereocenters. The van der Waals surface area contributed by atoms with E-state index in [1.54, 1.807) is 0 Å². The minimum atomic E-state index is -0.216. The van der Waals surface area contributed by atoms with Crippen molar-refractivity contribution in [1.82, 2.24) is 10.2 Å². The molecule has 2 amide bonds. The lowest BCUT2D eigenvalue weighted by Gasteiger charge is -2.21. The van der Waals surface area contributed by atoms with Gasteiger partial charge in [-0.05, 0) is 41.3 Å². The van der Waals surface area contributed by atoms with Crippen molar-refractivity contribution in [3.63, 3.8) is 0 Å². The van der Waals surface area contributed by atoms with E-state index in [4.69, 9.17) is 4.74 Å². The first-order chi connectivity index (χ1) is 15.2. The van der Waals surface area contributed by atoms with Gasteiger partial charge >= 0.3 is 0 Å². The summed E-state index contributed by atoms with van der Waals surface area (Å²) in [6.07, 6.45) is 4.41. The fourth-order valence-corrected chi connectivity index (χ4v) is 3.94. The Morgan fingerprint density at radius 2 is 1.48 bits per heavy atom. The van der Waals surface area contributed by atoms with E-state index in [0.717, 1.165) is 42.3 Å². The van der Waals surface area contributed by atoms with Gasteiger partial charge in [0.2, 0.25) is 0 Å². The van der Waals surface area contributed by atoms with Gasteiger partial charge in [0.25, 0.3) is 11.8 Å². The zero-order valence-corrected chi connectivity index (χ0v) is 17.7. The third kappa shape index (κ3) is 5.43. The van der Waals surface area contributed by atoms with Gasteiger partial charge in [0.05, 0.1) is 5.56 Å². The van der Waals surface area contributed by atoms with Crippen molar-refractivity contribution in [2.45, 2.75) is 32.2 Å². The number of hydrogen-bond donors (Lipinski definition) is 1. The topological polar surface area (TPSA) is 58.6 Å². The highest BCUT2D eigenvalue weighted by Crippen LogP contribution is 2.26. The third-order valence-corrected chi connectivity index (χ3v) is 5.70. The quantitative estimate of drug-likeness (QED) is 0.641. The van der Waals surface area contributed by atoms with E-state index in [0.29, 0.717) is 17.9 Å². The number of benzene rings is 3. The molecule has 0 aromatic heterocycles. The van der Waals surface area contributed by atoms with E-state index in [9.17, 15) is 9.59 Å². The smallest absolute Gasteiger partial charge is 0.260 e. The van der Waals surface area contributed by atoms with Gasteiger partial charge in [-0.1, -0.05) is 67.4 Å². The molecule has 0 spiro atoms. The van der Waals surface area contributed by atoms with E-state index in [-0.39, 0.29) is 18.4 Å². The molecule has 1 fully saturated rings. The SMILES string of the molecule is O=C(NCc1ccccc1)c1cc2ccccc2cc1OCC(=O)N1CCCCCC1. The molecule has 4 rings (SSSR count). The summed E-state index contributed by atoms with van der Waals surface area (Å²) in [5, 5.41) is 4.89. The lowest BCUT2D eigenvalue weighted by Crippen LogP contribution is -2.35. The number of nitrogens with one attached hydrogen (secondary N) is 1. The monoisotopic (exact) mass is 416 g/mol. The van der Waals surface area contributed by atoms with Crippen molar-refractivity contribution in [3.8, 4) is 5.75 Å². The molecule has 1 N–H and O–H groups in total. The van der Waals surface area contributed by atoms with Gasteiger partial charge in [0.15, 0.2) is 6.61 Å². The molecule has 1 heterocycles. The molecular weight excluding hydrogens is 388 g/mol. The van der Waals surface area contributed by atoms with Crippen LogP contribution in [0.15, 0.2) is 66.7 Å². The molecule has 0 aliphatic carbocycles. The summed E-state index contributed by atoms with van der Waals surface area (Å²) >= 11 is 0. The molecule has 3 aromatic carbocycles. The average molecular weight is 417 g/mol. The molecule has 160 valence electrons. The molecule has 0 bridgehead atoms.